The average molecular weight is 283 g/mol. The molecular weight excluding hydrogens is 254 g/mol. The largest absolute Gasteiger partial charge is 0.380 e. The summed E-state index contributed by atoms with van der Waals surface area (Å²) in [6.07, 6.45) is 9.82. The van der Waals surface area contributed by atoms with Crippen LogP contribution in [0.4, 0.5) is 0 Å². The topological polar surface area (TPSA) is 74.2 Å². The minimum absolute atomic E-state index is 0.290. The zero-order valence-corrected chi connectivity index (χ0v) is 12.9. The summed E-state index contributed by atoms with van der Waals surface area (Å²) in [5, 5.41) is 3.92. The van der Waals surface area contributed by atoms with E-state index in [4.69, 9.17) is 15.0 Å². The molecule has 1 unspecified atom stereocenters. The number of hydrogen-bond acceptors (Lipinski definition) is 5. The van der Waals surface area contributed by atoms with Crippen LogP contribution in [0.25, 0.3) is 0 Å². The molecule has 0 saturated heterocycles. The Bertz CT molecular complexity index is 342. The Morgan fingerprint density at radius 2 is 1.80 bits per heavy atom. The van der Waals surface area contributed by atoms with E-state index in [9.17, 15) is 0 Å². The van der Waals surface area contributed by atoms with Crippen molar-refractivity contribution < 1.29 is 9.26 Å². The van der Waals surface area contributed by atoms with Crippen LogP contribution in [0.5, 0.6) is 0 Å². The van der Waals surface area contributed by atoms with Crippen molar-refractivity contribution in [1.29, 1.82) is 0 Å². The third-order valence-corrected chi connectivity index (χ3v) is 3.31. The first-order chi connectivity index (χ1) is 9.77. The van der Waals surface area contributed by atoms with Crippen molar-refractivity contribution in [1.82, 2.24) is 10.1 Å². The van der Waals surface area contributed by atoms with Gasteiger partial charge in [0.2, 0.25) is 5.89 Å². The molecule has 1 aromatic rings. The fourth-order valence-corrected chi connectivity index (χ4v) is 2.07. The second-order valence-corrected chi connectivity index (χ2v) is 5.18. The number of rotatable bonds is 12. The Kier molecular flexibility index (Phi) is 9.24. The van der Waals surface area contributed by atoms with Gasteiger partial charge in [-0.3, -0.25) is 0 Å². The van der Waals surface area contributed by atoms with Crippen LogP contribution in [-0.2, 0) is 11.2 Å². The molecule has 0 amide bonds. The van der Waals surface area contributed by atoms with Crippen LogP contribution in [0.3, 0.4) is 0 Å². The summed E-state index contributed by atoms with van der Waals surface area (Å²) in [5.74, 6) is 1.25. The molecule has 0 aliphatic heterocycles. The van der Waals surface area contributed by atoms with Gasteiger partial charge in [0.25, 0.3) is 0 Å². The van der Waals surface area contributed by atoms with E-state index in [-0.39, 0.29) is 6.04 Å². The predicted octanol–water partition coefficient (Wildman–Crippen LogP) is 3.40. The Labute approximate surface area is 122 Å². The van der Waals surface area contributed by atoms with Gasteiger partial charge in [-0.1, -0.05) is 50.6 Å². The van der Waals surface area contributed by atoms with Crippen LogP contribution in [0.2, 0.25) is 0 Å². The fraction of sp³-hybridized carbons (Fsp3) is 0.867. The maximum absolute atomic E-state index is 5.91. The van der Waals surface area contributed by atoms with E-state index >= 15 is 0 Å². The van der Waals surface area contributed by atoms with Crippen LogP contribution < -0.4 is 5.73 Å². The molecule has 116 valence electrons. The van der Waals surface area contributed by atoms with Crippen LogP contribution in [0.15, 0.2) is 4.52 Å². The predicted molar refractivity (Wildman–Crippen MR) is 79.4 cm³/mol. The van der Waals surface area contributed by atoms with Gasteiger partial charge in [-0.25, -0.2) is 0 Å². The molecule has 0 aliphatic carbocycles. The Morgan fingerprint density at radius 3 is 2.50 bits per heavy atom. The zero-order chi connectivity index (χ0) is 14.6. The molecule has 1 atom stereocenters. The standard InChI is InChI=1S/C15H29N3O2/c1-3-5-6-7-8-9-10-11-14-17-15(18-20-14)13(16)12-19-4-2/h13H,3-12,16H2,1-2H3. The van der Waals surface area contributed by atoms with Gasteiger partial charge in [-0.05, 0) is 13.3 Å². The molecule has 1 rings (SSSR count). The van der Waals surface area contributed by atoms with E-state index in [0.717, 1.165) is 12.8 Å². The average Bonchev–Trinajstić information content (AvgIpc) is 2.92. The van der Waals surface area contributed by atoms with Crippen molar-refractivity contribution in [3.63, 3.8) is 0 Å². The normalized spacial score (nSPS) is 12.8. The summed E-state index contributed by atoms with van der Waals surface area (Å²) in [6.45, 7) is 5.27. The van der Waals surface area contributed by atoms with Crippen LogP contribution in [0.1, 0.15) is 76.6 Å². The highest BCUT2D eigenvalue weighted by molar-refractivity contribution is 4.93. The van der Waals surface area contributed by atoms with Crippen molar-refractivity contribution in [2.75, 3.05) is 13.2 Å². The molecule has 1 aromatic heterocycles. The van der Waals surface area contributed by atoms with Gasteiger partial charge in [-0.15, -0.1) is 0 Å². The summed E-state index contributed by atoms with van der Waals surface area (Å²) >= 11 is 0. The van der Waals surface area contributed by atoms with Gasteiger partial charge in [0, 0.05) is 13.0 Å². The number of hydrogen-bond donors (Lipinski definition) is 1. The molecule has 0 bridgehead atoms. The highest BCUT2D eigenvalue weighted by Gasteiger charge is 2.13. The maximum atomic E-state index is 5.91. The number of aromatic nitrogens is 2. The highest BCUT2D eigenvalue weighted by atomic mass is 16.5. The number of nitrogens with two attached hydrogens (primary N) is 1. The number of unbranched alkanes of at least 4 members (excludes halogenated alkanes) is 6. The number of nitrogens with zero attached hydrogens (tertiary/aromatic N) is 2. The second kappa shape index (κ2) is 10.8. The van der Waals surface area contributed by atoms with Crippen molar-refractivity contribution >= 4 is 0 Å². The first kappa shape index (κ1) is 17.1. The van der Waals surface area contributed by atoms with Crippen molar-refractivity contribution in [2.24, 2.45) is 5.73 Å². The molecule has 5 heteroatoms. The molecule has 5 nitrogen and oxygen atoms in total. The molecule has 0 aliphatic rings. The van der Waals surface area contributed by atoms with Gasteiger partial charge in [0.05, 0.1) is 12.6 Å². The summed E-state index contributed by atoms with van der Waals surface area (Å²) in [7, 11) is 0. The minimum Gasteiger partial charge on any atom is -0.380 e. The molecule has 0 saturated carbocycles. The summed E-state index contributed by atoms with van der Waals surface area (Å²) < 4.78 is 10.5. The van der Waals surface area contributed by atoms with Crippen LogP contribution in [0, 0.1) is 0 Å². The lowest BCUT2D eigenvalue weighted by molar-refractivity contribution is 0.130. The van der Waals surface area contributed by atoms with Gasteiger partial charge >= 0.3 is 0 Å². The van der Waals surface area contributed by atoms with E-state index in [1.807, 2.05) is 6.92 Å². The van der Waals surface area contributed by atoms with Gasteiger partial charge in [0.1, 0.15) is 0 Å². The van der Waals surface area contributed by atoms with E-state index in [0.29, 0.717) is 24.9 Å². The zero-order valence-electron chi connectivity index (χ0n) is 12.9. The summed E-state index contributed by atoms with van der Waals surface area (Å²) in [4.78, 5) is 4.33. The lowest BCUT2D eigenvalue weighted by atomic mass is 10.1. The van der Waals surface area contributed by atoms with Crippen LogP contribution in [-0.4, -0.2) is 23.4 Å². The van der Waals surface area contributed by atoms with E-state index < -0.39 is 0 Å². The molecule has 0 aromatic carbocycles. The van der Waals surface area contributed by atoms with E-state index in [2.05, 4.69) is 17.1 Å². The molecule has 0 spiro atoms. The van der Waals surface area contributed by atoms with Crippen molar-refractivity contribution in [2.45, 2.75) is 71.3 Å². The van der Waals surface area contributed by atoms with E-state index in [1.165, 1.54) is 38.5 Å². The van der Waals surface area contributed by atoms with Gasteiger partial charge in [-0.2, -0.15) is 4.98 Å². The third kappa shape index (κ3) is 7.01. The molecular formula is C15H29N3O2. The lowest BCUT2D eigenvalue weighted by Gasteiger charge is -2.05. The Morgan fingerprint density at radius 1 is 1.10 bits per heavy atom. The summed E-state index contributed by atoms with van der Waals surface area (Å²) in [6, 6.07) is -0.290. The van der Waals surface area contributed by atoms with Crippen molar-refractivity contribution in [3.05, 3.63) is 11.7 Å². The number of aryl methyl sites for hydroxylation is 1. The Hall–Kier alpha value is -0.940. The van der Waals surface area contributed by atoms with Crippen molar-refractivity contribution in [3.8, 4) is 0 Å². The maximum Gasteiger partial charge on any atom is 0.226 e. The third-order valence-electron chi connectivity index (χ3n) is 3.31. The second-order valence-electron chi connectivity index (χ2n) is 5.18. The fourth-order valence-electron chi connectivity index (χ4n) is 2.07. The highest BCUT2D eigenvalue weighted by Crippen LogP contribution is 2.11. The van der Waals surface area contributed by atoms with Crippen LogP contribution >= 0.6 is 0 Å². The monoisotopic (exact) mass is 283 g/mol. The van der Waals surface area contributed by atoms with Gasteiger partial charge in [0.15, 0.2) is 5.82 Å². The summed E-state index contributed by atoms with van der Waals surface area (Å²) in [5.41, 5.74) is 5.91. The number of ether oxygens (including phenoxy) is 1. The molecule has 0 fully saturated rings. The van der Waals surface area contributed by atoms with E-state index in [1.54, 1.807) is 0 Å². The first-order valence-electron chi connectivity index (χ1n) is 7.93. The molecule has 2 N–H and O–H groups in total. The van der Waals surface area contributed by atoms with Gasteiger partial charge < -0.3 is 15.0 Å². The lowest BCUT2D eigenvalue weighted by Crippen LogP contribution is -2.18. The quantitative estimate of drug-likeness (QED) is 0.595. The molecule has 20 heavy (non-hydrogen) atoms. The Balaban J connectivity index is 2.13. The first-order valence-corrected chi connectivity index (χ1v) is 7.93. The SMILES string of the molecule is CCCCCCCCCc1nc(C(N)COCC)no1. The molecule has 1 heterocycles. The minimum atomic E-state index is -0.290. The smallest absolute Gasteiger partial charge is 0.226 e. The molecule has 0 radical (unpaired) electrons.